The fourth-order valence-corrected chi connectivity index (χ4v) is 2.80. The Morgan fingerprint density at radius 3 is 2.94 bits per heavy atom. The van der Waals surface area contributed by atoms with Crippen LogP contribution in [-0.4, -0.2) is 10.9 Å². The molecule has 1 aromatic carbocycles. The standard InChI is InChI=1S/C13H9ClN2OS/c14-8-3-4-11-10(6-8)16-13(17)12(18-11)7-9-2-1-5-15-9/h1-7,15H,(H,16,17)/b12-7-. The molecule has 0 aliphatic carbocycles. The van der Waals surface area contributed by atoms with Gasteiger partial charge < -0.3 is 10.3 Å². The molecule has 2 aromatic rings. The summed E-state index contributed by atoms with van der Waals surface area (Å²) >= 11 is 7.34. The van der Waals surface area contributed by atoms with Gasteiger partial charge in [-0.1, -0.05) is 23.4 Å². The van der Waals surface area contributed by atoms with Gasteiger partial charge in [0.15, 0.2) is 0 Å². The summed E-state index contributed by atoms with van der Waals surface area (Å²) in [5.74, 6) is -0.107. The fraction of sp³-hybridized carbons (Fsp3) is 0. The van der Waals surface area contributed by atoms with Gasteiger partial charge in [-0.3, -0.25) is 4.79 Å². The number of amides is 1. The highest BCUT2D eigenvalue weighted by Gasteiger charge is 2.21. The van der Waals surface area contributed by atoms with Crippen molar-refractivity contribution in [3.63, 3.8) is 0 Å². The summed E-state index contributed by atoms with van der Waals surface area (Å²) in [6, 6.07) is 9.29. The fourth-order valence-electron chi connectivity index (χ4n) is 1.71. The number of aromatic nitrogens is 1. The SMILES string of the molecule is O=C1Nc2cc(Cl)ccc2S/C1=C\c1ccc[nH]1. The van der Waals surface area contributed by atoms with E-state index in [0.717, 1.165) is 16.3 Å². The highest BCUT2D eigenvalue weighted by Crippen LogP contribution is 2.39. The van der Waals surface area contributed by atoms with E-state index in [4.69, 9.17) is 11.6 Å². The summed E-state index contributed by atoms with van der Waals surface area (Å²) < 4.78 is 0. The molecule has 0 unspecified atom stereocenters. The van der Waals surface area contributed by atoms with Gasteiger partial charge in [-0.2, -0.15) is 0 Å². The lowest BCUT2D eigenvalue weighted by Crippen LogP contribution is -2.17. The van der Waals surface area contributed by atoms with Gasteiger partial charge in [-0.15, -0.1) is 0 Å². The third-order valence-corrected chi connectivity index (χ3v) is 3.88. The van der Waals surface area contributed by atoms with Crippen molar-refractivity contribution >= 4 is 41.0 Å². The molecule has 0 radical (unpaired) electrons. The summed E-state index contributed by atoms with van der Waals surface area (Å²) in [4.78, 5) is 16.6. The number of nitrogens with one attached hydrogen (secondary N) is 2. The molecule has 0 fully saturated rings. The van der Waals surface area contributed by atoms with Gasteiger partial charge in [0.05, 0.1) is 10.6 Å². The number of fused-ring (bicyclic) bond motifs is 1. The Morgan fingerprint density at radius 2 is 2.17 bits per heavy atom. The lowest BCUT2D eigenvalue weighted by molar-refractivity contribution is -0.112. The average molecular weight is 277 g/mol. The lowest BCUT2D eigenvalue weighted by Gasteiger charge is -2.18. The van der Waals surface area contributed by atoms with Crippen LogP contribution in [0.5, 0.6) is 0 Å². The molecule has 3 nitrogen and oxygen atoms in total. The molecule has 1 aromatic heterocycles. The van der Waals surface area contributed by atoms with Gasteiger partial charge in [0.1, 0.15) is 0 Å². The second-order valence-electron chi connectivity index (χ2n) is 3.83. The van der Waals surface area contributed by atoms with E-state index in [9.17, 15) is 4.79 Å². The maximum atomic E-state index is 11.9. The quantitative estimate of drug-likeness (QED) is 0.779. The van der Waals surface area contributed by atoms with Crippen LogP contribution in [0.1, 0.15) is 5.69 Å². The Hall–Kier alpha value is -1.65. The number of carbonyl (C=O) groups is 1. The first-order valence-corrected chi connectivity index (χ1v) is 6.56. The molecule has 5 heteroatoms. The summed E-state index contributed by atoms with van der Waals surface area (Å²) in [6.45, 7) is 0. The first-order chi connectivity index (χ1) is 8.72. The highest BCUT2D eigenvalue weighted by atomic mass is 35.5. The summed E-state index contributed by atoms with van der Waals surface area (Å²) in [5.41, 5.74) is 1.67. The van der Waals surface area contributed by atoms with Gasteiger partial charge in [0.25, 0.3) is 5.91 Å². The maximum Gasteiger partial charge on any atom is 0.262 e. The molecule has 0 saturated heterocycles. The van der Waals surface area contributed by atoms with Crippen molar-refractivity contribution in [3.8, 4) is 0 Å². The summed E-state index contributed by atoms with van der Waals surface area (Å²) in [7, 11) is 0. The van der Waals surface area contributed by atoms with E-state index in [2.05, 4.69) is 10.3 Å². The van der Waals surface area contributed by atoms with Crippen LogP contribution in [0.4, 0.5) is 5.69 Å². The zero-order valence-electron chi connectivity index (χ0n) is 9.24. The first-order valence-electron chi connectivity index (χ1n) is 5.36. The Bertz CT molecular complexity index is 634. The van der Waals surface area contributed by atoms with Crippen molar-refractivity contribution in [1.29, 1.82) is 0 Å². The van der Waals surface area contributed by atoms with Crippen LogP contribution < -0.4 is 5.32 Å². The van der Waals surface area contributed by atoms with Crippen molar-refractivity contribution in [3.05, 3.63) is 52.2 Å². The van der Waals surface area contributed by atoms with Crippen LogP contribution in [-0.2, 0) is 4.79 Å². The molecule has 90 valence electrons. The van der Waals surface area contributed by atoms with E-state index in [0.29, 0.717) is 9.93 Å². The van der Waals surface area contributed by atoms with Crippen molar-refractivity contribution in [2.45, 2.75) is 4.90 Å². The number of carbonyl (C=O) groups excluding carboxylic acids is 1. The molecule has 1 aliphatic rings. The Kier molecular flexibility index (Phi) is 2.89. The Balaban J connectivity index is 1.97. The van der Waals surface area contributed by atoms with E-state index in [1.54, 1.807) is 6.07 Å². The Morgan fingerprint density at radius 1 is 1.28 bits per heavy atom. The number of H-pyrrole nitrogens is 1. The number of aromatic amines is 1. The number of hydrogen-bond donors (Lipinski definition) is 2. The number of anilines is 1. The van der Waals surface area contributed by atoms with Gasteiger partial charge in [0.2, 0.25) is 0 Å². The molecule has 18 heavy (non-hydrogen) atoms. The van der Waals surface area contributed by atoms with Crippen molar-refractivity contribution < 1.29 is 4.79 Å². The number of benzene rings is 1. The van der Waals surface area contributed by atoms with Crippen LogP contribution in [0.25, 0.3) is 6.08 Å². The smallest absolute Gasteiger partial charge is 0.262 e. The number of halogens is 1. The van der Waals surface area contributed by atoms with Crippen LogP contribution in [0.3, 0.4) is 0 Å². The van der Waals surface area contributed by atoms with Crippen LogP contribution in [0.15, 0.2) is 46.3 Å². The summed E-state index contributed by atoms with van der Waals surface area (Å²) in [5, 5.41) is 3.45. The molecule has 0 saturated carbocycles. The second-order valence-corrected chi connectivity index (χ2v) is 5.35. The zero-order chi connectivity index (χ0) is 12.5. The van der Waals surface area contributed by atoms with Gasteiger partial charge >= 0.3 is 0 Å². The molecular weight excluding hydrogens is 268 g/mol. The molecule has 2 N–H and O–H groups in total. The third kappa shape index (κ3) is 2.17. The number of rotatable bonds is 1. The van der Waals surface area contributed by atoms with E-state index in [1.807, 2.05) is 36.5 Å². The monoisotopic (exact) mass is 276 g/mol. The second kappa shape index (κ2) is 4.55. The highest BCUT2D eigenvalue weighted by molar-refractivity contribution is 8.04. The van der Waals surface area contributed by atoms with Crippen molar-refractivity contribution in [1.82, 2.24) is 4.98 Å². The zero-order valence-corrected chi connectivity index (χ0v) is 10.8. The molecule has 2 heterocycles. The maximum absolute atomic E-state index is 11.9. The Labute approximate surface area is 113 Å². The molecule has 0 spiro atoms. The predicted molar refractivity (Wildman–Crippen MR) is 74.7 cm³/mol. The van der Waals surface area contributed by atoms with Crippen molar-refractivity contribution in [2.24, 2.45) is 0 Å². The van der Waals surface area contributed by atoms with Crippen LogP contribution in [0.2, 0.25) is 5.02 Å². The number of hydrogen-bond acceptors (Lipinski definition) is 2. The normalized spacial score (nSPS) is 16.5. The van der Waals surface area contributed by atoms with E-state index in [1.165, 1.54) is 11.8 Å². The molecule has 0 bridgehead atoms. The van der Waals surface area contributed by atoms with Gasteiger partial charge in [0, 0.05) is 21.8 Å². The molecule has 3 rings (SSSR count). The van der Waals surface area contributed by atoms with E-state index < -0.39 is 0 Å². The molecule has 1 aliphatic heterocycles. The summed E-state index contributed by atoms with van der Waals surface area (Å²) in [6.07, 6.45) is 3.66. The van der Waals surface area contributed by atoms with Crippen LogP contribution >= 0.6 is 23.4 Å². The topological polar surface area (TPSA) is 44.9 Å². The number of thioether (sulfide) groups is 1. The molecule has 1 amide bonds. The average Bonchev–Trinajstić information content (AvgIpc) is 2.83. The molecular formula is C13H9ClN2OS. The van der Waals surface area contributed by atoms with Gasteiger partial charge in [-0.25, -0.2) is 0 Å². The van der Waals surface area contributed by atoms with Crippen LogP contribution in [0, 0.1) is 0 Å². The minimum Gasteiger partial charge on any atom is -0.362 e. The van der Waals surface area contributed by atoms with E-state index >= 15 is 0 Å². The van der Waals surface area contributed by atoms with Gasteiger partial charge in [-0.05, 0) is 36.4 Å². The lowest BCUT2D eigenvalue weighted by atomic mass is 10.3. The minimum absolute atomic E-state index is 0.107. The first kappa shape index (κ1) is 11.4. The molecule has 0 atom stereocenters. The largest absolute Gasteiger partial charge is 0.362 e. The third-order valence-electron chi connectivity index (χ3n) is 2.54. The minimum atomic E-state index is -0.107. The predicted octanol–water partition coefficient (Wildman–Crippen LogP) is 3.75. The van der Waals surface area contributed by atoms with E-state index in [-0.39, 0.29) is 5.91 Å². The van der Waals surface area contributed by atoms with Crippen molar-refractivity contribution in [2.75, 3.05) is 5.32 Å².